The van der Waals surface area contributed by atoms with Gasteiger partial charge in [-0.25, -0.2) is 0 Å². The second-order valence-corrected chi connectivity index (χ2v) is 10.9. The van der Waals surface area contributed by atoms with E-state index < -0.39 is 17.0 Å². The molecule has 0 atom stereocenters. The van der Waals surface area contributed by atoms with Crippen LogP contribution in [0.25, 0.3) is 0 Å². The van der Waals surface area contributed by atoms with E-state index in [9.17, 15) is 9.90 Å². The van der Waals surface area contributed by atoms with Crippen LogP contribution in [0.5, 0.6) is 0 Å². The Hall–Kier alpha value is 0.770. The molecular formula is C10H20Cl3O2P. The fraction of sp³-hybridized carbons (Fsp3) is 0.900. The molecule has 0 aliphatic heterocycles. The summed E-state index contributed by atoms with van der Waals surface area (Å²) < 4.78 is -2.28. The lowest BCUT2D eigenvalue weighted by atomic mass is 10.8. The van der Waals surface area contributed by atoms with Crippen LogP contribution in [0.4, 0.5) is 0 Å². The van der Waals surface area contributed by atoms with E-state index in [0.29, 0.717) is 0 Å². The predicted molar refractivity (Wildman–Crippen MR) is 74.4 cm³/mol. The van der Waals surface area contributed by atoms with Gasteiger partial charge in [-0.15, -0.1) is 0 Å². The second-order valence-electron chi connectivity index (χ2n) is 3.39. The van der Waals surface area contributed by atoms with E-state index in [4.69, 9.17) is 34.8 Å². The van der Waals surface area contributed by atoms with E-state index in [1.165, 1.54) is 24.6 Å². The average molecular weight is 310 g/mol. The molecule has 16 heavy (non-hydrogen) atoms. The number of carbonyl (C=O) groups is 1. The van der Waals surface area contributed by atoms with Gasteiger partial charge in [0, 0.05) is 7.26 Å². The van der Waals surface area contributed by atoms with Crippen LogP contribution in [0.2, 0.25) is 0 Å². The van der Waals surface area contributed by atoms with E-state index in [2.05, 4.69) is 27.7 Å². The molecule has 0 heterocycles. The number of alkyl halides is 3. The number of carboxylic acids is 1. The molecule has 0 aromatic heterocycles. The first-order valence-corrected chi connectivity index (χ1v) is 8.98. The third-order valence-corrected chi connectivity index (χ3v) is 8.74. The van der Waals surface area contributed by atoms with E-state index in [0.717, 1.165) is 0 Å². The molecule has 0 aliphatic carbocycles. The molecule has 0 amide bonds. The standard InChI is InChI=1S/C8H20P.C2HCl3O2/c1-5-9(6-2,7-3)8-4;3-2(4,5)1(6)7/h5-8H2,1-4H3;(H,6,7)/q+1;/p-1. The van der Waals surface area contributed by atoms with Gasteiger partial charge in [0.2, 0.25) is 3.79 Å². The van der Waals surface area contributed by atoms with Crippen LogP contribution in [0.1, 0.15) is 27.7 Å². The molecule has 0 rings (SSSR count). The Bertz CT molecular complexity index is 183. The monoisotopic (exact) mass is 308 g/mol. The molecule has 0 aromatic carbocycles. The van der Waals surface area contributed by atoms with Crippen molar-refractivity contribution >= 4 is 48.0 Å². The molecule has 0 radical (unpaired) electrons. The largest absolute Gasteiger partial charge is 0.545 e. The third-order valence-electron chi connectivity index (χ3n) is 2.91. The third kappa shape index (κ3) is 7.95. The van der Waals surface area contributed by atoms with Gasteiger partial charge in [-0.05, 0) is 27.7 Å². The van der Waals surface area contributed by atoms with Gasteiger partial charge in [-0.2, -0.15) is 0 Å². The van der Waals surface area contributed by atoms with Gasteiger partial charge in [-0.1, -0.05) is 34.8 Å². The van der Waals surface area contributed by atoms with Gasteiger partial charge in [0.25, 0.3) is 0 Å². The minimum Gasteiger partial charge on any atom is -0.545 e. The van der Waals surface area contributed by atoms with Gasteiger partial charge in [0.1, 0.15) is 0 Å². The van der Waals surface area contributed by atoms with Crippen molar-refractivity contribution in [2.24, 2.45) is 0 Å². The number of rotatable bonds is 4. The van der Waals surface area contributed by atoms with Crippen molar-refractivity contribution in [1.29, 1.82) is 0 Å². The van der Waals surface area contributed by atoms with Crippen molar-refractivity contribution in [2.45, 2.75) is 31.5 Å². The Kier molecular flexibility index (Phi) is 10.5. The highest BCUT2D eigenvalue weighted by Gasteiger charge is 2.27. The number of carboxylic acid groups (broad SMARTS) is 1. The van der Waals surface area contributed by atoms with Crippen LogP contribution in [-0.2, 0) is 4.79 Å². The minimum absolute atomic E-state index is 0.420. The van der Waals surface area contributed by atoms with E-state index in [-0.39, 0.29) is 0 Å². The second kappa shape index (κ2) is 8.80. The van der Waals surface area contributed by atoms with Crippen LogP contribution in [-0.4, -0.2) is 34.4 Å². The zero-order valence-electron chi connectivity index (χ0n) is 10.2. The maximum absolute atomic E-state index is 9.51. The Balaban J connectivity index is 0. The number of hydrogen-bond donors (Lipinski definition) is 0. The highest BCUT2D eigenvalue weighted by Crippen LogP contribution is 2.57. The van der Waals surface area contributed by atoms with Crippen molar-refractivity contribution in [3.8, 4) is 0 Å². The molecule has 98 valence electrons. The Morgan fingerprint density at radius 1 is 1.00 bits per heavy atom. The average Bonchev–Trinajstić information content (AvgIpc) is 2.21. The van der Waals surface area contributed by atoms with E-state index in [1.807, 2.05) is 0 Å². The van der Waals surface area contributed by atoms with Crippen LogP contribution >= 0.6 is 42.1 Å². The lowest BCUT2D eigenvalue weighted by molar-refractivity contribution is -0.304. The molecule has 0 bridgehead atoms. The molecule has 6 heteroatoms. The minimum atomic E-state index is -2.28. The summed E-state index contributed by atoms with van der Waals surface area (Å²) in [7, 11) is -0.420. The number of aliphatic carboxylic acids is 1. The first kappa shape index (κ1) is 19.1. The van der Waals surface area contributed by atoms with Crippen LogP contribution < -0.4 is 5.11 Å². The summed E-state index contributed by atoms with van der Waals surface area (Å²) in [5.74, 6) is -1.71. The number of carbonyl (C=O) groups excluding carboxylic acids is 1. The molecule has 0 spiro atoms. The molecule has 0 saturated carbocycles. The van der Waals surface area contributed by atoms with Crippen molar-refractivity contribution in [2.75, 3.05) is 24.6 Å². The zero-order chi connectivity index (χ0) is 13.4. The van der Waals surface area contributed by atoms with Gasteiger partial charge >= 0.3 is 0 Å². The SMILES string of the molecule is CC[P+](CC)(CC)CC.O=C([O-])C(Cl)(Cl)Cl. The molecule has 0 fully saturated rings. The molecule has 0 unspecified atom stereocenters. The Morgan fingerprint density at radius 2 is 1.19 bits per heavy atom. The maximum Gasteiger partial charge on any atom is 0.230 e. The van der Waals surface area contributed by atoms with Crippen LogP contribution in [0.3, 0.4) is 0 Å². The highest BCUT2D eigenvalue weighted by molar-refractivity contribution is 7.75. The smallest absolute Gasteiger partial charge is 0.230 e. The maximum atomic E-state index is 9.51. The molecule has 0 aliphatic rings. The summed E-state index contributed by atoms with van der Waals surface area (Å²) >= 11 is 14.2. The van der Waals surface area contributed by atoms with Crippen molar-refractivity contribution in [3.63, 3.8) is 0 Å². The lowest BCUT2D eigenvalue weighted by Crippen LogP contribution is -2.35. The van der Waals surface area contributed by atoms with Crippen LogP contribution in [0, 0.1) is 0 Å². The molecule has 2 nitrogen and oxygen atoms in total. The fourth-order valence-electron chi connectivity index (χ4n) is 1.34. The quantitative estimate of drug-likeness (QED) is 0.591. The molecular weight excluding hydrogens is 289 g/mol. The van der Waals surface area contributed by atoms with Crippen LogP contribution in [0.15, 0.2) is 0 Å². The lowest BCUT2D eigenvalue weighted by Gasteiger charge is -2.20. The first-order chi connectivity index (χ1) is 7.19. The van der Waals surface area contributed by atoms with Gasteiger partial charge < -0.3 is 9.90 Å². The summed E-state index contributed by atoms with van der Waals surface area (Å²) in [4.78, 5) is 9.51. The van der Waals surface area contributed by atoms with E-state index in [1.54, 1.807) is 0 Å². The first-order valence-electron chi connectivity index (χ1n) is 5.32. The molecule has 0 saturated heterocycles. The summed E-state index contributed by atoms with van der Waals surface area (Å²) in [6.07, 6.45) is 5.82. The number of hydrogen-bond acceptors (Lipinski definition) is 2. The van der Waals surface area contributed by atoms with Crippen molar-refractivity contribution < 1.29 is 9.90 Å². The Morgan fingerprint density at radius 3 is 1.19 bits per heavy atom. The summed E-state index contributed by atoms with van der Waals surface area (Å²) in [6, 6.07) is 0. The number of halogens is 3. The highest BCUT2D eigenvalue weighted by atomic mass is 35.6. The van der Waals surface area contributed by atoms with E-state index >= 15 is 0 Å². The zero-order valence-corrected chi connectivity index (χ0v) is 13.4. The van der Waals surface area contributed by atoms with Crippen molar-refractivity contribution in [1.82, 2.24) is 0 Å². The topological polar surface area (TPSA) is 40.1 Å². The summed E-state index contributed by atoms with van der Waals surface area (Å²) in [5, 5.41) is 9.51. The van der Waals surface area contributed by atoms with Gasteiger partial charge in [-0.3, -0.25) is 0 Å². The van der Waals surface area contributed by atoms with Crippen molar-refractivity contribution in [3.05, 3.63) is 0 Å². The molecule has 0 aromatic rings. The normalized spacial score (nSPS) is 11.7. The van der Waals surface area contributed by atoms with Gasteiger partial charge in [0.15, 0.2) is 0 Å². The van der Waals surface area contributed by atoms with Gasteiger partial charge in [0.05, 0.1) is 30.6 Å². The molecule has 0 N–H and O–H groups in total. The fourth-order valence-corrected chi connectivity index (χ4v) is 4.02. The predicted octanol–water partition coefficient (Wildman–Crippen LogP) is 3.19. The summed E-state index contributed by atoms with van der Waals surface area (Å²) in [5.41, 5.74) is 0. The Labute approximate surface area is 114 Å². The summed E-state index contributed by atoms with van der Waals surface area (Å²) in [6.45, 7) is 9.41.